The summed E-state index contributed by atoms with van der Waals surface area (Å²) in [4.78, 5) is 2.69. The monoisotopic (exact) mass is 846 g/mol. The third-order valence-electron chi connectivity index (χ3n) is 10.6. The molecule has 2 aliphatic rings. The highest BCUT2D eigenvalue weighted by Gasteiger charge is 2.52. The Morgan fingerprint density at radius 3 is 0.920 bits per heavy atom. The first-order chi connectivity index (χ1) is 24.2. The van der Waals surface area contributed by atoms with Crippen molar-refractivity contribution in [3.63, 3.8) is 0 Å². The number of rotatable bonds is 4. The molecule has 5 aromatic carbocycles. The second-order valence-electron chi connectivity index (χ2n) is 13.5. The van der Waals surface area contributed by atoms with Gasteiger partial charge >= 0.3 is 0 Å². The standard InChI is InChI=1S/C44H32Br2S2.S2/c1-25-5-13-29(14-6-25)43(30-15-7-26(2)8-16-30)35-21-34-36(22-33(35)41-37(43)23-39(45)47-41)44(31-17-9-27(3)10-18-31,32-19-11-28(4)12-20-32)38-24-40(46)48-42(34)38;1-2/h5-24H,1-4H3;. The number of hydrogen-bond acceptors (Lipinski definition) is 4. The van der Waals surface area contributed by atoms with E-state index in [9.17, 15) is 0 Å². The largest absolute Gasteiger partial charge is 0.128 e. The molecule has 0 saturated carbocycles. The van der Waals surface area contributed by atoms with Gasteiger partial charge in [-0.15, -0.1) is 22.7 Å². The van der Waals surface area contributed by atoms with E-state index in [0.29, 0.717) is 0 Å². The summed E-state index contributed by atoms with van der Waals surface area (Å²) in [6.45, 7) is 8.71. The molecule has 0 fully saturated rings. The molecular formula is C44H32Br2S4. The molecule has 2 aliphatic carbocycles. The molecule has 0 atom stereocenters. The predicted molar refractivity (Wildman–Crippen MR) is 226 cm³/mol. The number of benzene rings is 5. The lowest BCUT2D eigenvalue weighted by Gasteiger charge is -2.35. The summed E-state index contributed by atoms with van der Waals surface area (Å²) >= 11 is 18.9. The molecule has 0 bridgehead atoms. The zero-order valence-corrected chi connectivity index (χ0v) is 34.4. The molecule has 0 N–H and O–H groups in total. The van der Waals surface area contributed by atoms with Crippen LogP contribution in [-0.2, 0) is 33.2 Å². The van der Waals surface area contributed by atoms with E-state index in [1.807, 2.05) is 22.7 Å². The second kappa shape index (κ2) is 12.8. The topological polar surface area (TPSA) is 0 Å². The minimum atomic E-state index is -0.447. The summed E-state index contributed by atoms with van der Waals surface area (Å²) < 4.78 is 2.32. The molecule has 9 rings (SSSR count). The summed E-state index contributed by atoms with van der Waals surface area (Å²) in [6.07, 6.45) is 0. The van der Waals surface area contributed by atoms with Crippen LogP contribution in [0.4, 0.5) is 0 Å². The van der Waals surface area contributed by atoms with Crippen LogP contribution in [0.25, 0.3) is 20.9 Å². The summed E-state index contributed by atoms with van der Waals surface area (Å²) in [5, 5.41) is 0. The lowest BCUT2D eigenvalue weighted by molar-refractivity contribution is 0.759. The van der Waals surface area contributed by atoms with E-state index in [4.69, 9.17) is 0 Å². The highest BCUT2D eigenvalue weighted by molar-refractivity contribution is 9.11. The van der Waals surface area contributed by atoms with Gasteiger partial charge < -0.3 is 0 Å². The third kappa shape index (κ3) is 4.90. The van der Waals surface area contributed by atoms with Gasteiger partial charge in [0.05, 0.1) is 18.4 Å². The number of hydrogen-bond donors (Lipinski definition) is 0. The van der Waals surface area contributed by atoms with Gasteiger partial charge in [0.2, 0.25) is 0 Å². The van der Waals surface area contributed by atoms with E-state index < -0.39 is 10.8 Å². The van der Waals surface area contributed by atoms with Gasteiger partial charge in [0.25, 0.3) is 0 Å². The minimum Gasteiger partial charge on any atom is -0.128 e. The Morgan fingerprint density at radius 2 is 0.660 bits per heavy atom. The summed E-state index contributed by atoms with van der Waals surface area (Å²) in [5.74, 6) is 0. The fourth-order valence-corrected chi connectivity index (χ4v) is 11.7. The van der Waals surface area contributed by atoms with Gasteiger partial charge in [-0.2, -0.15) is 0 Å². The van der Waals surface area contributed by atoms with Gasteiger partial charge in [-0.05, 0) is 139 Å². The molecule has 246 valence electrons. The van der Waals surface area contributed by atoms with Gasteiger partial charge in [0.1, 0.15) is 0 Å². The van der Waals surface area contributed by atoms with Crippen LogP contribution in [0, 0.1) is 27.7 Å². The predicted octanol–water partition coefficient (Wildman–Crippen LogP) is 13.3. The molecule has 2 heterocycles. The maximum Gasteiger partial charge on any atom is 0.0722 e. The van der Waals surface area contributed by atoms with Crippen LogP contribution >= 0.6 is 54.5 Å². The molecule has 0 amide bonds. The molecule has 2 aromatic heterocycles. The Bertz CT molecular complexity index is 2140. The van der Waals surface area contributed by atoms with Crippen molar-refractivity contribution >= 4 is 76.9 Å². The zero-order chi connectivity index (χ0) is 34.9. The molecule has 50 heavy (non-hydrogen) atoms. The maximum absolute atomic E-state index is 3.94. The zero-order valence-electron chi connectivity index (χ0n) is 27.9. The highest BCUT2D eigenvalue weighted by atomic mass is 79.9. The average molecular weight is 849 g/mol. The summed E-state index contributed by atoms with van der Waals surface area (Å²) in [6, 6.07) is 46.9. The summed E-state index contributed by atoms with van der Waals surface area (Å²) in [5.41, 5.74) is 17.5. The first-order valence-corrected chi connectivity index (χ1v) is 21.0. The van der Waals surface area contributed by atoms with E-state index in [1.165, 1.54) is 87.6 Å². The van der Waals surface area contributed by atoms with Crippen molar-refractivity contribution in [3.05, 3.63) is 196 Å². The van der Waals surface area contributed by atoms with E-state index in [1.54, 1.807) is 0 Å². The van der Waals surface area contributed by atoms with E-state index in [2.05, 4.69) is 203 Å². The lowest BCUT2D eigenvalue weighted by atomic mass is 9.66. The van der Waals surface area contributed by atoms with Crippen molar-refractivity contribution < 1.29 is 0 Å². The van der Waals surface area contributed by atoms with Crippen LogP contribution < -0.4 is 0 Å². The molecule has 7 aromatic rings. The van der Waals surface area contributed by atoms with Gasteiger partial charge in [0.15, 0.2) is 0 Å². The summed E-state index contributed by atoms with van der Waals surface area (Å²) in [7, 11) is 0. The number of halogens is 2. The normalized spacial score (nSPS) is 14.3. The van der Waals surface area contributed by atoms with Crippen molar-refractivity contribution in [2.75, 3.05) is 0 Å². The van der Waals surface area contributed by atoms with Crippen molar-refractivity contribution in [1.29, 1.82) is 0 Å². The maximum atomic E-state index is 3.94. The fraction of sp³-hybridized carbons (Fsp3) is 0.136. The Morgan fingerprint density at radius 1 is 0.400 bits per heavy atom. The van der Waals surface area contributed by atoms with E-state index in [-0.39, 0.29) is 0 Å². The highest BCUT2D eigenvalue weighted by Crippen LogP contribution is 2.65. The number of fused-ring (bicyclic) bond motifs is 6. The van der Waals surface area contributed by atoms with Crippen molar-refractivity contribution in [2.24, 2.45) is 0 Å². The van der Waals surface area contributed by atoms with Crippen LogP contribution in [0.5, 0.6) is 0 Å². The quantitative estimate of drug-likeness (QED) is 0.173. The van der Waals surface area contributed by atoms with Crippen molar-refractivity contribution in [1.82, 2.24) is 0 Å². The molecule has 0 spiro atoms. The molecule has 6 heteroatoms. The van der Waals surface area contributed by atoms with Crippen molar-refractivity contribution in [3.8, 4) is 20.9 Å². The van der Waals surface area contributed by atoms with Crippen LogP contribution in [0.15, 0.2) is 129 Å². The molecular weight excluding hydrogens is 817 g/mol. The third-order valence-corrected chi connectivity index (χ3v) is 13.9. The first kappa shape index (κ1) is 34.0. The average Bonchev–Trinajstić information content (AvgIpc) is 3.83. The minimum absolute atomic E-state index is 0.447. The SMILES string of the molecule is Cc1ccc(C2(c3ccc(C)cc3)c3cc4c(cc3-c3sc(Br)cc32)C(c2ccc(C)cc2)(c2ccc(C)cc2)c2cc(Br)sc2-4)cc1.S=S. The van der Waals surface area contributed by atoms with Gasteiger partial charge in [-0.3, -0.25) is 0 Å². The Labute approximate surface area is 329 Å². The lowest BCUT2D eigenvalue weighted by Crippen LogP contribution is -2.30. The molecule has 0 unspecified atom stereocenters. The molecule has 0 radical (unpaired) electrons. The number of aryl methyl sites for hydroxylation is 4. The molecule has 0 aliphatic heterocycles. The van der Waals surface area contributed by atoms with Crippen LogP contribution in [0.1, 0.15) is 66.8 Å². The van der Waals surface area contributed by atoms with Gasteiger partial charge in [0, 0.05) is 32.1 Å². The van der Waals surface area contributed by atoms with Crippen LogP contribution in [-0.4, -0.2) is 0 Å². The Balaban J connectivity index is 0.00000177. The van der Waals surface area contributed by atoms with Gasteiger partial charge in [-0.1, -0.05) is 119 Å². The van der Waals surface area contributed by atoms with E-state index in [0.717, 1.165) is 7.57 Å². The first-order valence-electron chi connectivity index (χ1n) is 16.5. The van der Waals surface area contributed by atoms with E-state index >= 15 is 0 Å². The van der Waals surface area contributed by atoms with Gasteiger partial charge in [-0.25, -0.2) is 0 Å². The second-order valence-corrected chi connectivity index (χ2v) is 18.4. The van der Waals surface area contributed by atoms with Crippen molar-refractivity contribution in [2.45, 2.75) is 38.5 Å². The van der Waals surface area contributed by atoms with Crippen LogP contribution in [0.3, 0.4) is 0 Å². The fourth-order valence-electron chi connectivity index (χ4n) is 8.36. The molecule has 0 saturated heterocycles. The Kier molecular flexibility index (Phi) is 8.73. The molecule has 0 nitrogen and oxygen atoms in total. The Hall–Kier alpha value is -3.10. The smallest absolute Gasteiger partial charge is 0.0722 e. The van der Waals surface area contributed by atoms with Crippen LogP contribution in [0.2, 0.25) is 0 Å². The number of thiophene rings is 2.